The van der Waals surface area contributed by atoms with Crippen LogP contribution in [0.1, 0.15) is 30.2 Å². The van der Waals surface area contributed by atoms with E-state index in [9.17, 15) is 22.8 Å². The normalized spacial score (nSPS) is 13.9. The van der Waals surface area contributed by atoms with Gasteiger partial charge in [-0.15, -0.1) is 0 Å². The van der Waals surface area contributed by atoms with Crippen molar-refractivity contribution in [3.63, 3.8) is 0 Å². The summed E-state index contributed by atoms with van der Waals surface area (Å²) in [6.07, 6.45) is -2.08. The molecule has 1 aliphatic rings. The average Bonchev–Trinajstić information content (AvgIpc) is 2.66. The summed E-state index contributed by atoms with van der Waals surface area (Å²) in [5, 5.41) is 0. The first-order valence-corrected chi connectivity index (χ1v) is 8.88. The number of fused-ring (bicyclic) bond motifs is 1. The van der Waals surface area contributed by atoms with E-state index in [0.29, 0.717) is 43.7 Å². The maximum atomic E-state index is 12.7. The van der Waals surface area contributed by atoms with Crippen LogP contribution < -0.4 is 10.3 Å². The summed E-state index contributed by atoms with van der Waals surface area (Å²) in [5.41, 5.74) is 0.314. The van der Waals surface area contributed by atoms with Crippen LogP contribution in [0.3, 0.4) is 0 Å². The third-order valence-electron chi connectivity index (χ3n) is 4.61. The summed E-state index contributed by atoms with van der Waals surface area (Å²) in [4.78, 5) is 30.0. The summed E-state index contributed by atoms with van der Waals surface area (Å²) in [6, 6.07) is 4.69. The molecule has 150 valence electrons. The van der Waals surface area contributed by atoms with E-state index in [-0.39, 0.29) is 23.8 Å². The Kier molecular flexibility index (Phi) is 5.71. The van der Waals surface area contributed by atoms with Gasteiger partial charge in [-0.05, 0) is 31.0 Å². The maximum Gasteiger partial charge on any atom is 0.416 e. The molecule has 0 fully saturated rings. The third-order valence-corrected chi connectivity index (χ3v) is 4.61. The molecule has 0 atom stereocenters. The van der Waals surface area contributed by atoms with Gasteiger partial charge in [-0.1, -0.05) is 6.07 Å². The summed E-state index contributed by atoms with van der Waals surface area (Å²) < 4.78 is 45.0. The Morgan fingerprint density at radius 2 is 2.11 bits per heavy atom. The Bertz CT molecular complexity index is 925. The van der Waals surface area contributed by atoms with Crippen molar-refractivity contribution < 1.29 is 22.7 Å². The number of hydrogen-bond acceptors (Lipinski definition) is 4. The van der Waals surface area contributed by atoms with Gasteiger partial charge in [0.25, 0.3) is 5.56 Å². The topological polar surface area (TPSA) is 64.4 Å². The molecule has 0 saturated carbocycles. The molecule has 0 unspecified atom stereocenters. The molecule has 1 aliphatic heterocycles. The van der Waals surface area contributed by atoms with Gasteiger partial charge in [0.15, 0.2) is 0 Å². The lowest BCUT2D eigenvalue weighted by Gasteiger charge is -2.26. The largest absolute Gasteiger partial charge is 0.494 e. The monoisotopic (exact) mass is 395 g/mol. The van der Waals surface area contributed by atoms with E-state index in [4.69, 9.17) is 4.74 Å². The van der Waals surface area contributed by atoms with Crippen molar-refractivity contribution in [2.45, 2.75) is 39.0 Å². The molecular weight excluding hydrogens is 375 g/mol. The fraction of sp³-hybridized carbons (Fsp3) is 0.421. The van der Waals surface area contributed by atoms with Gasteiger partial charge in [-0.3, -0.25) is 14.2 Å². The van der Waals surface area contributed by atoms with Crippen molar-refractivity contribution in [2.24, 2.45) is 0 Å². The molecule has 2 aromatic rings. The Morgan fingerprint density at radius 1 is 1.32 bits per heavy atom. The Morgan fingerprint density at radius 3 is 2.82 bits per heavy atom. The molecule has 1 aromatic heterocycles. The second-order valence-corrected chi connectivity index (χ2v) is 6.59. The molecule has 0 radical (unpaired) electrons. The Hall–Kier alpha value is -2.84. The number of hydrogen-bond donors (Lipinski definition) is 0. The fourth-order valence-corrected chi connectivity index (χ4v) is 3.08. The summed E-state index contributed by atoms with van der Waals surface area (Å²) in [5.74, 6) is 0.0819. The van der Waals surface area contributed by atoms with Crippen LogP contribution in [0.4, 0.5) is 13.2 Å². The van der Waals surface area contributed by atoms with Crippen molar-refractivity contribution in [3.8, 4) is 5.75 Å². The Labute approximate surface area is 159 Å². The summed E-state index contributed by atoms with van der Waals surface area (Å²) in [6.45, 7) is 2.81. The van der Waals surface area contributed by atoms with Gasteiger partial charge in [-0.2, -0.15) is 13.2 Å². The number of nitrogens with zero attached hydrogens (tertiary/aromatic N) is 3. The van der Waals surface area contributed by atoms with E-state index in [1.54, 1.807) is 4.90 Å². The zero-order chi connectivity index (χ0) is 20.3. The predicted molar refractivity (Wildman–Crippen MR) is 94.8 cm³/mol. The molecule has 0 bridgehead atoms. The van der Waals surface area contributed by atoms with Gasteiger partial charge < -0.3 is 9.64 Å². The van der Waals surface area contributed by atoms with Crippen LogP contribution >= 0.6 is 0 Å². The minimum Gasteiger partial charge on any atom is -0.494 e. The van der Waals surface area contributed by atoms with E-state index in [1.807, 2.05) is 0 Å². The zero-order valence-corrected chi connectivity index (χ0v) is 15.3. The smallest absolute Gasteiger partial charge is 0.416 e. The average molecular weight is 395 g/mol. The number of amides is 1. The maximum absolute atomic E-state index is 12.7. The number of aromatic nitrogens is 2. The molecule has 0 N–H and O–H groups in total. The quantitative estimate of drug-likeness (QED) is 0.731. The number of alkyl halides is 3. The number of aryl methyl sites for hydroxylation is 1. The van der Waals surface area contributed by atoms with E-state index < -0.39 is 11.7 Å². The second kappa shape index (κ2) is 8.04. The fourth-order valence-electron chi connectivity index (χ4n) is 3.08. The zero-order valence-electron chi connectivity index (χ0n) is 15.3. The van der Waals surface area contributed by atoms with E-state index in [1.165, 1.54) is 30.0 Å². The summed E-state index contributed by atoms with van der Waals surface area (Å²) in [7, 11) is 0. The van der Waals surface area contributed by atoms with Crippen molar-refractivity contribution >= 4 is 5.91 Å². The van der Waals surface area contributed by atoms with E-state index in [0.717, 1.165) is 12.1 Å². The SMILES string of the molecule is CC(=O)N1CCc2c(ncn(CCCOc3cccc(C(F)(F)F)c3)c2=O)C1. The standard InChI is InChI=1S/C19H20F3N3O3/c1-13(26)24-8-6-16-17(11-24)23-12-25(18(16)27)7-3-9-28-15-5-2-4-14(10-15)19(20,21)22/h2,4-5,10,12H,3,6-9,11H2,1H3. The number of carbonyl (C=O) groups is 1. The highest BCUT2D eigenvalue weighted by atomic mass is 19.4. The number of carbonyl (C=O) groups excluding carboxylic acids is 1. The van der Waals surface area contributed by atoms with Crippen LogP contribution in [0.15, 0.2) is 35.4 Å². The molecule has 1 amide bonds. The number of halogens is 3. The molecule has 1 aromatic carbocycles. The second-order valence-electron chi connectivity index (χ2n) is 6.59. The van der Waals surface area contributed by atoms with Gasteiger partial charge in [0, 0.05) is 25.6 Å². The molecule has 2 heterocycles. The van der Waals surface area contributed by atoms with Gasteiger partial charge in [0.1, 0.15) is 5.75 Å². The van der Waals surface area contributed by atoms with Crippen molar-refractivity contribution in [1.82, 2.24) is 14.5 Å². The summed E-state index contributed by atoms with van der Waals surface area (Å²) >= 11 is 0. The lowest BCUT2D eigenvalue weighted by atomic mass is 10.1. The number of benzene rings is 1. The molecule has 28 heavy (non-hydrogen) atoms. The molecular formula is C19H20F3N3O3. The highest BCUT2D eigenvalue weighted by molar-refractivity contribution is 5.73. The molecule has 3 rings (SSSR count). The van der Waals surface area contributed by atoms with Crippen molar-refractivity contribution in [2.75, 3.05) is 13.2 Å². The lowest BCUT2D eigenvalue weighted by molar-refractivity contribution is -0.137. The molecule has 0 saturated heterocycles. The van der Waals surface area contributed by atoms with Crippen LogP contribution in [-0.4, -0.2) is 33.5 Å². The first-order valence-electron chi connectivity index (χ1n) is 8.88. The van der Waals surface area contributed by atoms with Gasteiger partial charge >= 0.3 is 6.18 Å². The molecule has 9 heteroatoms. The highest BCUT2D eigenvalue weighted by Gasteiger charge is 2.30. The van der Waals surface area contributed by atoms with E-state index >= 15 is 0 Å². The van der Waals surface area contributed by atoms with E-state index in [2.05, 4.69) is 4.98 Å². The van der Waals surface area contributed by atoms with Gasteiger partial charge in [0.2, 0.25) is 5.91 Å². The highest BCUT2D eigenvalue weighted by Crippen LogP contribution is 2.31. The van der Waals surface area contributed by atoms with Crippen LogP contribution in [0.5, 0.6) is 5.75 Å². The molecule has 0 aliphatic carbocycles. The number of ether oxygens (including phenoxy) is 1. The van der Waals surface area contributed by atoms with Gasteiger partial charge in [0.05, 0.1) is 30.7 Å². The van der Waals surface area contributed by atoms with Gasteiger partial charge in [-0.25, -0.2) is 4.98 Å². The van der Waals surface area contributed by atoms with Crippen LogP contribution in [0, 0.1) is 0 Å². The lowest BCUT2D eigenvalue weighted by Crippen LogP contribution is -2.39. The first-order chi connectivity index (χ1) is 13.3. The number of rotatable bonds is 5. The predicted octanol–water partition coefficient (Wildman–Crippen LogP) is 2.64. The minimum absolute atomic E-state index is 0.0524. The molecule has 0 spiro atoms. The first kappa shape index (κ1) is 19.9. The molecule has 6 nitrogen and oxygen atoms in total. The minimum atomic E-state index is -4.42. The van der Waals surface area contributed by atoms with Crippen LogP contribution in [0.25, 0.3) is 0 Å². The van der Waals surface area contributed by atoms with Crippen molar-refractivity contribution in [1.29, 1.82) is 0 Å². The van der Waals surface area contributed by atoms with Crippen LogP contribution in [-0.2, 0) is 30.5 Å². The Balaban J connectivity index is 1.58. The van der Waals surface area contributed by atoms with Crippen LogP contribution in [0.2, 0.25) is 0 Å². The van der Waals surface area contributed by atoms with Crippen molar-refractivity contribution in [3.05, 3.63) is 57.8 Å². The third kappa shape index (κ3) is 4.52.